The molecule has 7 nitrogen and oxygen atoms in total. The van der Waals surface area contributed by atoms with E-state index in [9.17, 15) is 5.11 Å². The first-order chi connectivity index (χ1) is 16.5. The third-order valence-electron chi connectivity index (χ3n) is 7.52. The average Bonchev–Trinajstić information content (AvgIpc) is 3.41. The summed E-state index contributed by atoms with van der Waals surface area (Å²) in [6.07, 6.45) is 4.75. The van der Waals surface area contributed by atoms with Gasteiger partial charge in [-0.3, -0.25) is 0 Å². The molecule has 2 bridgehead atoms. The number of likely N-dealkylation sites (tertiary alicyclic amines) is 1. The van der Waals surface area contributed by atoms with Crippen molar-refractivity contribution in [3.05, 3.63) is 41.4 Å². The van der Waals surface area contributed by atoms with Gasteiger partial charge in [0.1, 0.15) is 18.2 Å². The van der Waals surface area contributed by atoms with Crippen molar-refractivity contribution >= 4 is 28.3 Å². The molecule has 0 radical (unpaired) electrons. The van der Waals surface area contributed by atoms with E-state index in [0.29, 0.717) is 41.3 Å². The zero-order valence-electron chi connectivity index (χ0n) is 19.4. The number of aromatic hydroxyl groups is 1. The van der Waals surface area contributed by atoms with Gasteiger partial charge in [0.15, 0.2) is 0 Å². The van der Waals surface area contributed by atoms with E-state index in [0.717, 1.165) is 48.3 Å². The van der Waals surface area contributed by atoms with E-state index in [4.69, 9.17) is 26.3 Å². The predicted octanol–water partition coefficient (Wildman–Crippen LogP) is 4.07. The Hall–Kier alpha value is -2.61. The van der Waals surface area contributed by atoms with Crippen LogP contribution in [0.5, 0.6) is 11.8 Å². The SMILES string of the molecule is CN1CCCC1COc1nc(N2CC3CCC(C2)N3)c2ccc(-c3cc(Cl)ccc3O)cc2n1. The summed E-state index contributed by atoms with van der Waals surface area (Å²) in [6.45, 7) is 3.56. The number of halogens is 1. The summed E-state index contributed by atoms with van der Waals surface area (Å²) in [5, 5.41) is 15.7. The molecule has 3 fully saturated rings. The molecule has 6 rings (SSSR count). The van der Waals surface area contributed by atoms with Crippen LogP contribution in [0.25, 0.3) is 22.0 Å². The van der Waals surface area contributed by atoms with Gasteiger partial charge in [-0.25, -0.2) is 0 Å². The summed E-state index contributed by atoms with van der Waals surface area (Å²) in [6, 6.07) is 13.0. The normalized spacial score (nSPS) is 24.8. The van der Waals surface area contributed by atoms with Crippen LogP contribution in [0.3, 0.4) is 0 Å². The van der Waals surface area contributed by atoms with Crippen LogP contribution in [-0.4, -0.2) is 71.4 Å². The minimum absolute atomic E-state index is 0.192. The molecule has 2 N–H and O–H groups in total. The maximum Gasteiger partial charge on any atom is 0.319 e. The largest absolute Gasteiger partial charge is 0.507 e. The Morgan fingerprint density at radius 2 is 1.91 bits per heavy atom. The Balaban J connectivity index is 1.40. The van der Waals surface area contributed by atoms with Crippen molar-refractivity contribution in [1.29, 1.82) is 0 Å². The molecule has 8 heteroatoms. The number of phenols is 1. The van der Waals surface area contributed by atoms with Crippen LogP contribution in [0, 0.1) is 0 Å². The molecule has 3 aliphatic heterocycles. The molecule has 178 valence electrons. The van der Waals surface area contributed by atoms with Crippen molar-refractivity contribution in [2.75, 3.05) is 38.2 Å². The summed E-state index contributed by atoms with van der Waals surface area (Å²) < 4.78 is 6.18. The molecule has 2 aromatic carbocycles. The molecule has 0 aliphatic carbocycles. The standard InChI is InChI=1S/C26H30ClN5O2/c1-31-10-2-3-20(31)15-34-26-29-23-11-16(22-12-17(27)5-9-24(22)33)4-8-21(23)25(30-26)32-13-18-6-7-19(14-32)28-18/h4-5,8-9,11-12,18-20,28,33H,2-3,6-7,10,13-15H2,1H3. The maximum absolute atomic E-state index is 10.4. The molecule has 4 heterocycles. The van der Waals surface area contributed by atoms with Gasteiger partial charge in [0, 0.05) is 47.2 Å². The summed E-state index contributed by atoms with van der Waals surface area (Å²) in [4.78, 5) is 14.4. The maximum atomic E-state index is 10.4. The number of hydrogen-bond donors (Lipinski definition) is 2. The van der Waals surface area contributed by atoms with Crippen molar-refractivity contribution < 1.29 is 9.84 Å². The van der Waals surface area contributed by atoms with Crippen LogP contribution >= 0.6 is 11.6 Å². The van der Waals surface area contributed by atoms with Gasteiger partial charge in [0.2, 0.25) is 0 Å². The zero-order valence-corrected chi connectivity index (χ0v) is 20.1. The fourth-order valence-electron chi connectivity index (χ4n) is 5.64. The Labute approximate surface area is 204 Å². The molecule has 3 atom stereocenters. The number of phenolic OH excluding ortho intramolecular Hbond substituents is 1. The predicted molar refractivity (Wildman–Crippen MR) is 135 cm³/mol. The molecule has 3 aromatic rings. The number of benzene rings is 2. The average molecular weight is 480 g/mol. The molecular weight excluding hydrogens is 450 g/mol. The van der Waals surface area contributed by atoms with Gasteiger partial charge in [-0.15, -0.1) is 0 Å². The highest BCUT2D eigenvalue weighted by Crippen LogP contribution is 2.36. The summed E-state index contributed by atoms with van der Waals surface area (Å²) in [5.74, 6) is 1.12. The van der Waals surface area contributed by atoms with Crippen LogP contribution in [0.4, 0.5) is 5.82 Å². The minimum atomic E-state index is 0.192. The summed E-state index contributed by atoms with van der Waals surface area (Å²) in [7, 11) is 2.15. The number of hydrogen-bond acceptors (Lipinski definition) is 7. The lowest BCUT2D eigenvalue weighted by molar-refractivity contribution is 0.188. The van der Waals surface area contributed by atoms with Crippen molar-refractivity contribution in [1.82, 2.24) is 20.2 Å². The first kappa shape index (κ1) is 21.9. The molecule has 0 saturated carbocycles. The van der Waals surface area contributed by atoms with Gasteiger partial charge < -0.3 is 25.0 Å². The first-order valence-electron chi connectivity index (χ1n) is 12.2. The van der Waals surface area contributed by atoms with E-state index < -0.39 is 0 Å². The van der Waals surface area contributed by atoms with Crippen molar-refractivity contribution in [3.63, 3.8) is 0 Å². The van der Waals surface area contributed by atoms with Crippen LogP contribution in [0.15, 0.2) is 36.4 Å². The second-order valence-corrected chi connectivity index (χ2v) is 10.3. The Kier molecular flexibility index (Phi) is 5.71. The zero-order chi connectivity index (χ0) is 23.2. The van der Waals surface area contributed by atoms with Gasteiger partial charge in [0.25, 0.3) is 0 Å². The van der Waals surface area contributed by atoms with Crippen molar-refractivity contribution in [2.24, 2.45) is 0 Å². The quantitative estimate of drug-likeness (QED) is 0.571. The highest BCUT2D eigenvalue weighted by atomic mass is 35.5. The Morgan fingerprint density at radius 3 is 2.68 bits per heavy atom. The Bertz CT molecular complexity index is 1210. The number of fused-ring (bicyclic) bond motifs is 3. The first-order valence-corrected chi connectivity index (χ1v) is 12.6. The highest BCUT2D eigenvalue weighted by molar-refractivity contribution is 6.31. The monoisotopic (exact) mass is 479 g/mol. The molecule has 0 spiro atoms. The molecule has 0 amide bonds. The van der Waals surface area contributed by atoms with E-state index in [2.05, 4.69) is 28.2 Å². The Morgan fingerprint density at radius 1 is 1.09 bits per heavy atom. The summed E-state index contributed by atoms with van der Waals surface area (Å²) >= 11 is 6.21. The van der Waals surface area contributed by atoms with Crippen LogP contribution in [-0.2, 0) is 0 Å². The van der Waals surface area contributed by atoms with Gasteiger partial charge in [0.05, 0.1) is 5.52 Å². The van der Waals surface area contributed by atoms with Gasteiger partial charge in [-0.2, -0.15) is 9.97 Å². The molecule has 3 aliphatic rings. The van der Waals surface area contributed by atoms with Crippen LogP contribution in [0.1, 0.15) is 25.7 Å². The number of anilines is 1. The number of piperazine rings is 1. The van der Waals surface area contributed by atoms with E-state index in [-0.39, 0.29) is 5.75 Å². The van der Waals surface area contributed by atoms with Gasteiger partial charge in [-0.1, -0.05) is 17.7 Å². The van der Waals surface area contributed by atoms with E-state index in [1.807, 2.05) is 12.1 Å². The van der Waals surface area contributed by atoms with Crippen molar-refractivity contribution in [2.45, 2.75) is 43.8 Å². The lowest BCUT2D eigenvalue weighted by Crippen LogP contribution is -2.51. The molecule has 34 heavy (non-hydrogen) atoms. The lowest BCUT2D eigenvalue weighted by atomic mass is 10.0. The molecule has 3 saturated heterocycles. The fourth-order valence-corrected chi connectivity index (χ4v) is 5.81. The molecule has 3 unspecified atom stereocenters. The number of rotatable bonds is 5. The van der Waals surface area contributed by atoms with Crippen LogP contribution in [0.2, 0.25) is 5.02 Å². The smallest absolute Gasteiger partial charge is 0.319 e. The lowest BCUT2D eigenvalue weighted by Gasteiger charge is -2.34. The number of nitrogens with one attached hydrogen (secondary N) is 1. The molecular formula is C26H30ClN5O2. The second kappa shape index (κ2) is 8.87. The minimum Gasteiger partial charge on any atom is -0.507 e. The number of aromatic nitrogens is 2. The second-order valence-electron chi connectivity index (χ2n) is 9.85. The van der Waals surface area contributed by atoms with E-state index >= 15 is 0 Å². The third kappa shape index (κ3) is 4.17. The topological polar surface area (TPSA) is 73.8 Å². The van der Waals surface area contributed by atoms with E-state index in [1.54, 1.807) is 18.2 Å². The van der Waals surface area contributed by atoms with Crippen LogP contribution < -0.4 is 15.0 Å². The van der Waals surface area contributed by atoms with E-state index in [1.165, 1.54) is 19.3 Å². The van der Waals surface area contributed by atoms with Gasteiger partial charge >= 0.3 is 6.01 Å². The van der Waals surface area contributed by atoms with Crippen molar-refractivity contribution in [3.8, 4) is 22.9 Å². The number of likely N-dealkylation sites (N-methyl/N-ethyl adjacent to an activating group) is 1. The van der Waals surface area contributed by atoms with Gasteiger partial charge in [-0.05, 0) is 75.2 Å². The fraction of sp³-hybridized carbons (Fsp3) is 0.462. The highest BCUT2D eigenvalue weighted by Gasteiger charge is 2.34. The number of nitrogens with zero attached hydrogens (tertiary/aromatic N) is 4. The molecule has 1 aromatic heterocycles. The summed E-state index contributed by atoms with van der Waals surface area (Å²) in [5.41, 5.74) is 2.35. The number of ether oxygens (including phenoxy) is 1. The third-order valence-corrected chi connectivity index (χ3v) is 7.75.